The van der Waals surface area contributed by atoms with Gasteiger partial charge in [0.15, 0.2) is 0 Å². The van der Waals surface area contributed by atoms with Gasteiger partial charge < -0.3 is 24.7 Å². The Morgan fingerprint density at radius 2 is 1.73 bits per heavy atom. The lowest BCUT2D eigenvalue weighted by molar-refractivity contribution is -0.384. The van der Waals surface area contributed by atoms with Gasteiger partial charge in [0.25, 0.3) is 21.6 Å². The number of carbonyl (C=O) groups is 1. The predicted octanol–water partition coefficient (Wildman–Crippen LogP) is 8.95. The van der Waals surface area contributed by atoms with Crippen molar-refractivity contribution in [1.29, 1.82) is 0 Å². The molecule has 1 amide bonds. The highest BCUT2D eigenvalue weighted by atomic mass is 35.5. The second-order valence-corrected chi connectivity index (χ2v) is 19.8. The summed E-state index contributed by atoms with van der Waals surface area (Å²) in [6, 6.07) is 24.6. The number of nitro groups is 1. The van der Waals surface area contributed by atoms with Crippen LogP contribution >= 0.6 is 11.6 Å². The van der Waals surface area contributed by atoms with Crippen LogP contribution in [-0.4, -0.2) is 106 Å². The van der Waals surface area contributed by atoms with Crippen molar-refractivity contribution < 1.29 is 27.6 Å². The number of nitrogens with one attached hydrogen (secondary N) is 3. The van der Waals surface area contributed by atoms with Crippen LogP contribution in [-0.2, 0) is 14.8 Å². The maximum atomic E-state index is 14.0. The maximum Gasteiger partial charge on any atom is 0.293 e. The minimum Gasteiger partial charge on any atom is -0.456 e. The van der Waals surface area contributed by atoms with Gasteiger partial charge in [0.1, 0.15) is 17.2 Å². The minimum absolute atomic E-state index is 0.0105. The van der Waals surface area contributed by atoms with E-state index in [4.69, 9.17) is 21.1 Å². The lowest BCUT2D eigenvalue weighted by Gasteiger charge is -2.43. The average Bonchev–Trinajstić information content (AvgIpc) is 3.76. The lowest BCUT2D eigenvalue weighted by Crippen LogP contribution is -2.50. The van der Waals surface area contributed by atoms with Gasteiger partial charge >= 0.3 is 0 Å². The van der Waals surface area contributed by atoms with E-state index < -0.39 is 31.4 Å². The summed E-state index contributed by atoms with van der Waals surface area (Å²) in [5.74, 6) is -0.304. The molecule has 338 valence electrons. The average molecular weight is 911 g/mol. The number of fused-ring (bicyclic) bond motifs is 1. The van der Waals surface area contributed by atoms with Crippen LogP contribution < -0.4 is 19.7 Å². The number of rotatable bonds is 15. The van der Waals surface area contributed by atoms with Gasteiger partial charge in [-0.25, -0.2) is 13.1 Å². The van der Waals surface area contributed by atoms with Crippen LogP contribution in [0.5, 0.6) is 11.5 Å². The number of benzene rings is 4. The highest BCUT2D eigenvalue weighted by Crippen LogP contribution is 2.45. The Hall–Kier alpha value is -5.45. The number of anilines is 2. The molecule has 1 aromatic heterocycles. The predicted molar refractivity (Wildman–Crippen MR) is 252 cm³/mol. The van der Waals surface area contributed by atoms with Crippen molar-refractivity contribution in [2.45, 2.75) is 57.4 Å². The van der Waals surface area contributed by atoms with Gasteiger partial charge in [0.05, 0.1) is 28.6 Å². The number of nitro benzene ring substituents is 1. The number of carbonyl (C=O) groups excluding carboxylic acids is 1. The second-order valence-electron chi connectivity index (χ2n) is 17.7. The first-order chi connectivity index (χ1) is 30.7. The topological polar surface area (TPSA) is 162 Å². The molecule has 2 saturated heterocycles. The highest BCUT2D eigenvalue weighted by molar-refractivity contribution is 7.90. The molecule has 3 N–H and O–H groups in total. The second kappa shape index (κ2) is 19.3. The number of allylic oxidation sites excluding steroid dienone is 1. The molecular weight excluding hydrogens is 854 g/mol. The van der Waals surface area contributed by atoms with Crippen LogP contribution in [0.1, 0.15) is 62.4 Å². The molecule has 16 heteroatoms. The van der Waals surface area contributed by atoms with E-state index in [9.17, 15) is 23.3 Å². The smallest absolute Gasteiger partial charge is 0.293 e. The Kier molecular flexibility index (Phi) is 13.6. The fraction of sp³-hybridized carbons (Fsp3) is 0.396. The van der Waals surface area contributed by atoms with Crippen molar-refractivity contribution in [1.82, 2.24) is 19.5 Å². The summed E-state index contributed by atoms with van der Waals surface area (Å²) < 4.78 is 41.4. The van der Waals surface area contributed by atoms with E-state index in [2.05, 4.69) is 62.6 Å². The summed E-state index contributed by atoms with van der Waals surface area (Å²) in [6.45, 7) is 14.4. The number of nitrogens with zero attached hydrogens (tertiary/aromatic N) is 4. The van der Waals surface area contributed by atoms with E-state index in [1.54, 1.807) is 24.3 Å². The van der Waals surface area contributed by atoms with Gasteiger partial charge in [0, 0.05) is 91.8 Å². The van der Waals surface area contributed by atoms with Gasteiger partial charge in [0.2, 0.25) is 0 Å². The molecule has 1 aliphatic carbocycles. The number of sulfonamides is 1. The normalized spacial score (nSPS) is 17.9. The number of hydrogen-bond donors (Lipinski definition) is 3. The molecule has 64 heavy (non-hydrogen) atoms. The van der Waals surface area contributed by atoms with Gasteiger partial charge in [-0.1, -0.05) is 37.6 Å². The molecule has 2 aliphatic heterocycles. The SMILES string of the molecule is CC(C1=C(c2ccc(Cl)cc2)CC(C)(C)CC1)N1CCN(c2ccc(C(=O)NS(=O)(=O)c3ccc(NCCCN4CCOCC4)c([N+](=O)[O-])c3)c(Oc3ccc4[nH]ccc4c3)c2)CC1. The van der Waals surface area contributed by atoms with Crippen LogP contribution in [0.2, 0.25) is 5.02 Å². The molecule has 3 aliphatic rings. The third-order valence-corrected chi connectivity index (χ3v) is 14.4. The van der Waals surface area contributed by atoms with Crippen molar-refractivity contribution in [2.24, 2.45) is 5.41 Å². The van der Waals surface area contributed by atoms with E-state index in [0.717, 1.165) is 99.2 Å². The fourth-order valence-corrected chi connectivity index (χ4v) is 10.2. The third kappa shape index (κ3) is 10.6. The van der Waals surface area contributed by atoms with E-state index in [1.807, 2.05) is 36.5 Å². The summed E-state index contributed by atoms with van der Waals surface area (Å²) in [6.07, 6.45) is 5.73. The number of amides is 1. The van der Waals surface area contributed by atoms with Crippen LogP contribution in [0.4, 0.5) is 17.1 Å². The molecule has 0 spiro atoms. The van der Waals surface area contributed by atoms with Crippen LogP contribution in [0.25, 0.3) is 16.5 Å². The minimum atomic E-state index is -4.55. The number of piperazine rings is 1. The van der Waals surface area contributed by atoms with Gasteiger partial charge in [-0.05, 0) is 122 Å². The first kappa shape index (κ1) is 45.1. The number of aromatic amines is 1. The first-order valence-electron chi connectivity index (χ1n) is 22.0. The molecule has 4 aromatic carbocycles. The van der Waals surface area contributed by atoms with Gasteiger partial charge in [-0.2, -0.15) is 0 Å². The molecular formula is C48H56ClN7O7S. The van der Waals surface area contributed by atoms with Gasteiger partial charge in [-0.15, -0.1) is 0 Å². The molecule has 3 heterocycles. The summed E-state index contributed by atoms with van der Waals surface area (Å²) in [7, 11) is -4.55. The van der Waals surface area contributed by atoms with E-state index in [1.165, 1.54) is 28.8 Å². The Bertz CT molecular complexity index is 2640. The molecule has 8 rings (SSSR count). The number of halogens is 1. The Balaban J connectivity index is 0.992. The highest BCUT2D eigenvalue weighted by Gasteiger charge is 2.33. The molecule has 14 nitrogen and oxygen atoms in total. The Morgan fingerprint density at radius 3 is 2.48 bits per heavy atom. The zero-order valence-electron chi connectivity index (χ0n) is 36.6. The number of aromatic nitrogens is 1. The van der Waals surface area contributed by atoms with Crippen molar-refractivity contribution in [3.05, 3.63) is 123 Å². The van der Waals surface area contributed by atoms with Crippen LogP contribution in [0.15, 0.2) is 102 Å². The standard InChI is InChI=1S/C48H56ClN7O7S/c1-33(40-15-17-48(2,3)32-42(40)34-5-7-36(49)8-6-34)54-21-23-55(24-22-54)37-9-12-41(46(30-37)63-38-10-13-43-35(29-38)16-19-51-43)47(57)52-64(60,61)39-11-14-44(45(31-39)56(58)59)50-18-4-20-53-25-27-62-28-26-53/h5-14,16,19,29-31,33,50-51H,4,15,17-18,20-28,32H2,1-3H3,(H,52,57). The fourth-order valence-electron chi connectivity index (χ4n) is 9.06. The molecule has 0 radical (unpaired) electrons. The Labute approximate surface area is 379 Å². The van der Waals surface area contributed by atoms with Crippen LogP contribution in [0, 0.1) is 15.5 Å². The molecule has 0 saturated carbocycles. The monoisotopic (exact) mass is 909 g/mol. The number of ether oxygens (including phenoxy) is 2. The summed E-state index contributed by atoms with van der Waals surface area (Å²) in [5, 5.41) is 16.8. The third-order valence-electron chi connectivity index (χ3n) is 12.8. The summed E-state index contributed by atoms with van der Waals surface area (Å²) in [5.41, 5.74) is 5.84. The largest absolute Gasteiger partial charge is 0.456 e. The lowest BCUT2D eigenvalue weighted by atomic mass is 9.71. The Morgan fingerprint density at radius 1 is 0.969 bits per heavy atom. The van der Waals surface area contributed by atoms with E-state index in [-0.39, 0.29) is 28.5 Å². The molecule has 0 bridgehead atoms. The van der Waals surface area contributed by atoms with Crippen molar-refractivity contribution >= 4 is 61.1 Å². The zero-order valence-corrected chi connectivity index (χ0v) is 38.1. The summed E-state index contributed by atoms with van der Waals surface area (Å²) in [4.78, 5) is 35.3. The number of morpholine rings is 1. The molecule has 2 fully saturated rings. The quantitative estimate of drug-likeness (QED) is 0.0522. The first-order valence-corrected chi connectivity index (χ1v) is 23.8. The molecule has 1 unspecified atom stereocenters. The van der Waals surface area contributed by atoms with Crippen LogP contribution in [0.3, 0.4) is 0 Å². The van der Waals surface area contributed by atoms with Gasteiger partial charge in [-0.3, -0.25) is 24.7 Å². The van der Waals surface area contributed by atoms with Crippen molar-refractivity contribution in [2.75, 3.05) is 75.8 Å². The zero-order chi connectivity index (χ0) is 45.0. The van der Waals surface area contributed by atoms with E-state index >= 15 is 0 Å². The number of hydrogen-bond acceptors (Lipinski definition) is 11. The number of H-pyrrole nitrogens is 1. The molecule has 1 atom stereocenters. The van der Waals surface area contributed by atoms with Crippen molar-refractivity contribution in [3.63, 3.8) is 0 Å². The van der Waals surface area contributed by atoms with Crippen molar-refractivity contribution in [3.8, 4) is 11.5 Å². The van der Waals surface area contributed by atoms with E-state index in [0.29, 0.717) is 25.5 Å². The maximum absolute atomic E-state index is 14.0. The summed E-state index contributed by atoms with van der Waals surface area (Å²) >= 11 is 6.27. The molecule has 5 aromatic rings.